The normalized spacial score (nSPS) is 11.8. The van der Waals surface area contributed by atoms with E-state index in [2.05, 4.69) is 71.5 Å². The summed E-state index contributed by atoms with van der Waals surface area (Å²) in [6, 6.07) is 35.0. The molecule has 0 spiro atoms. The number of carbonyl (C=O) groups excluding carboxylic acids is 3. The van der Waals surface area contributed by atoms with E-state index in [1.165, 1.54) is 40.6 Å². The summed E-state index contributed by atoms with van der Waals surface area (Å²) >= 11 is 0. The number of nitrogens with zero attached hydrogens (tertiary/aromatic N) is 1. The Bertz CT molecular complexity index is 1630. The van der Waals surface area contributed by atoms with Crippen LogP contribution in [0.2, 0.25) is 0 Å². The van der Waals surface area contributed by atoms with Crippen molar-refractivity contribution in [2.75, 3.05) is 43.8 Å². The molecule has 1 atom stereocenters. The van der Waals surface area contributed by atoms with E-state index in [1.807, 2.05) is 68.4 Å². The van der Waals surface area contributed by atoms with E-state index in [1.54, 1.807) is 19.2 Å². The lowest BCUT2D eigenvalue weighted by Crippen LogP contribution is -2.38. The molecule has 1 unspecified atom stereocenters. The molecule has 1 saturated carbocycles. The van der Waals surface area contributed by atoms with Crippen molar-refractivity contribution < 1.29 is 18.6 Å². The first-order valence-electron chi connectivity index (χ1n) is 18.0. The molecule has 4 N–H and O–H groups in total. The highest BCUT2D eigenvalue weighted by Crippen LogP contribution is 2.27. The van der Waals surface area contributed by atoms with E-state index in [4.69, 9.17) is 0 Å². The van der Waals surface area contributed by atoms with Gasteiger partial charge in [-0.2, -0.15) is 0 Å². The van der Waals surface area contributed by atoms with Crippen LogP contribution in [0.5, 0.6) is 0 Å². The molecule has 280 valence electrons. The zero-order chi connectivity index (χ0) is 38.1. The zero-order valence-corrected chi connectivity index (χ0v) is 32.4. The molecule has 0 aliphatic heterocycles. The van der Waals surface area contributed by atoms with Gasteiger partial charge in [0.15, 0.2) is 0 Å². The van der Waals surface area contributed by atoms with Crippen LogP contribution in [0.3, 0.4) is 0 Å². The summed E-state index contributed by atoms with van der Waals surface area (Å²) < 4.78 is 13.5. The number of nitrogens with one attached hydrogen (secondary N) is 4. The smallest absolute Gasteiger partial charge is 0.251 e. The third-order valence-electron chi connectivity index (χ3n) is 7.84. The Morgan fingerprint density at radius 3 is 1.71 bits per heavy atom. The predicted octanol–water partition coefficient (Wildman–Crippen LogP) is 6.46. The Kier molecular flexibility index (Phi) is 21.0. The van der Waals surface area contributed by atoms with E-state index in [0.29, 0.717) is 36.8 Å². The predicted molar refractivity (Wildman–Crippen MR) is 216 cm³/mol. The maximum atomic E-state index is 12.8. The van der Waals surface area contributed by atoms with E-state index in [-0.39, 0.29) is 29.8 Å². The Morgan fingerprint density at radius 1 is 0.731 bits per heavy atom. The Balaban J connectivity index is 0.000000448. The summed E-state index contributed by atoms with van der Waals surface area (Å²) in [4.78, 5) is 37.4. The fraction of sp³-hybridized carbons (Fsp3) is 0.357. The number of hydrogen-bond acceptors (Lipinski definition) is 5. The van der Waals surface area contributed by atoms with Crippen molar-refractivity contribution in [1.29, 1.82) is 0 Å². The second-order valence-corrected chi connectivity index (χ2v) is 13.4. The molecule has 10 heteroatoms. The zero-order valence-electron chi connectivity index (χ0n) is 31.6. The van der Waals surface area contributed by atoms with Crippen LogP contribution in [0.4, 0.5) is 5.69 Å². The van der Waals surface area contributed by atoms with Crippen LogP contribution in [0.1, 0.15) is 71.0 Å². The van der Waals surface area contributed by atoms with Crippen molar-refractivity contribution in [3.8, 4) is 0 Å². The van der Waals surface area contributed by atoms with Gasteiger partial charge in [0.2, 0.25) is 5.91 Å². The number of carbonyl (C=O) groups is 3. The van der Waals surface area contributed by atoms with Gasteiger partial charge >= 0.3 is 0 Å². The van der Waals surface area contributed by atoms with Crippen molar-refractivity contribution >= 4 is 34.4 Å². The van der Waals surface area contributed by atoms with Crippen molar-refractivity contribution in [3.05, 3.63) is 137 Å². The lowest BCUT2D eigenvalue weighted by Gasteiger charge is -2.18. The third kappa shape index (κ3) is 17.9. The van der Waals surface area contributed by atoms with E-state index in [0.717, 1.165) is 18.5 Å². The minimum absolute atomic E-state index is 0.0577. The first kappa shape index (κ1) is 43.4. The van der Waals surface area contributed by atoms with E-state index >= 15 is 0 Å². The third-order valence-corrected chi connectivity index (χ3v) is 8.82. The van der Waals surface area contributed by atoms with E-state index < -0.39 is 11.0 Å². The molecular weight excluding hydrogens is 671 g/mol. The van der Waals surface area contributed by atoms with Crippen LogP contribution in [-0.4, -0.2) is 61.4 Å². The highest BCUT2D eigenvalue weighted by molar-refractivity contribution is 7.85. The molecule has 52 heavy (non-hydrogen) atoms. The van der Waals surface area contributed by atoms with Gasteiger partial charge in [-0.25, -0.2) is 4.21 Å². The summed E-state index contributed by atoms with van der Waals surface area (Å²) in [5, 5.41) is 11.5. The van der Waals surface area contributed by atoms with Crippen LogP contribution in [-0.2, 0) is 28.7 Å². The van der Waals surface area contributed by atoms with Gasteiger partial charge < -0.3 is 21.3 Å². The molecule has 0 heterocycles. The molecule has 1 aliphatic carbocycles. The number of amides is 3. The van der Waals surface area contributed by atoms with Gasteiger partial charge in [-0.1, -0.05) is 117 Å². The average Bonchev–Trinajstić information content (AvgIpc) is 4.02. The fourth-order valence-corrected chi connectivity index (χ4v) is 4.95. The molecule has 5 rings (SSSR count). The molecule has 4 aromatic rings. The van der Waals surface area contributed by atoms with Crippen molar-refractivity contribution in [3.63, 3.8) is 0 Å². The molecular formula is C42H57N5O4S. The molecule has 0 radical (unpaired) electrons. The van der Waals surface area contributed by atoms with E-state index in [9.17, 15) is 18.6 Å². The largest absolute Gasteiger partial charge is 0.355 e. The standard InChI is InChI=1S/C25H33N5O4S.C8H10.C7H8.C2H6/c1-30(35(2)34)22-13-20(12-21(14-22)25(33)29-16-18-6-4-3-5-7-18)24(32)27-11-10-26-17-23(31)28-15-19-8-9-19;1-2-8-6-4-3-5-7-8;1-7-5-3-2-4-6-7;1-2/h3-7,12-14,19,26H,8-11,15-17H2,1-2H3,(H,27,32)(H,28,31)(H,29,33);3-7H,2H2,1H3;2-6H,1H3;1-2H3. The maximum Gasteiger partial charge on any atom is 0.251 e. The molecule has 0 bridgehead atoms. The fourth-order valence-electron chi connectivity index (χ4n) is 4.54. The molecule has 0 aromatic heterocycles. The van der Waals surface area contributed by atoms with Gasteiger partial charge in [-0.3, -0.25) is 18.7 Å². The number of hydrogen-bond donors (Lipinski definition) is 4. The molecule has 3 amide bonds. The highest BCUT2D eigenvalue weighted by atomic mass is 32.2. The molecule has 1 fully saturated rings. The van der Waals surface area contributed by atoms with Crippen LogP contribution >= 0.6 is 0 Å². The lowest BCUT2D eigenvalue weighted by atomic mass is 10.1. The topological polar surface area (TPSA) is 120 Å². The minimum atomic E-state index is -1.33. The quantitative estimate of drug-likeness (QED) is 0.111. The molecule has 4 aromatic carbocycles. The maximum absolute atomic E-state index is 12.8. The number of rotatable bonds is 14. The SMILES string of the molecule is CC.CCc1ccccc1.CN(c1cc(C(=O)NCCNCC(=O)NCC2CC2)cc(C(=O)NCc2ccccc2)c1)S(C)=O.Cc1ccccc1. The average molecular weight is 728 g/mol. The van der Waals surface area contributed by atoms with Gasteiger partial charge in [-0.05, 0) is 61.4 Å². The summed E-state index contributed by atoms with van der Waals surface area (Å²) in [6.45, 7) is 10.2. The minimum Gasteiger partial charge on any atom is -0.355 e. The Labute approximate surface area is 313 Å². The second-order valence-electron chi connectivity index (χ2n) is 12.0. The van der Waals surface area contributed by atoms with Gasteiger partial charge in [-0.15, -0.1) is 0 Å². The molecule has 9 nitrogen and oxygen atoms in total. The van der Waals surface area contributed by atoms with Gasteiger partial charge in [0.25, 0.3) is 11.8 Å². The second kappa shape index (κ2) is 25.2. The van der Waals surface area contributed by atoms with Gasteiger partial charge in [0.1, 0.15) is 11.0 Å². The van der Waals surface area contributed by atoms with Crippen molar-refractivity contribution in [2.45, 2.75) is 53.5 Å². The first-order chi connectivity index (χ1) is 25.2. The number of anilines is 1. The number of benzene rings is 4. The summed E-state index contributed by atoms with van der Waals surface area (Å²) in [5.74, 6) is -0.126. The van der Waals surface area contributed by atoms with Crippen molar-refractivity contribution in [2.24, 2.45) is 5.92 Å². The van der Waals surface area contributed by atoms with Crippen LogP contribution < -0.4 is 25.6 Å². The highest BCUT2D eigenvalue weighted by Gasteiger charge is 2.21. The first-order valence-corrected chi connectivity index (χ1v) is 19.5. The van der Waals surface area contributed by atoms with Crippen LogP contribution in [0.25, 0.3) is 0 Å². The number of aryl methyl sites for hydroxylation is 2. The van der Waals surface area contributed by atoms with Crippen LogP contribution in [0, 0.1) is 12.8 Å². The Hall–Kier alpha value is -4.80. The molecule has 1 aliphatic rings. The summed E-state index contributed by atoms with van der Waals surface area (Å²) in [7, 11) is 0.307. The monoisotopic (exact) mass is 727 g/mol. The summed E-state index contributed by atoms with van der Waals surface area (Å²) in [6.07, 6.45) is 5.03. The van der Waals surface area contributed by atoms with Gasteiger partial charge in [0.05, 0.1) is 12.2 Å². The Morgan fingerprint density at radius 2 is 1.25 bits per heavy atom. The van der Waals surface area contributed by atoms with Crippen LogP contribution in [0.15, 0.2) is 109 Å². The van der Waals surface area contributed by atoms with Gasteiger partial charge in [0, 0.05) is 50.6 Å². The summed E-state index contributed by atoms with van der Waals surface area (Å²) in [5.41, 5.74) is 4.76. The molecule has 0 saturated heterocycles. The lowest BCUT2D eigenvalue weighted by molar-refractivity contribution is -0.120. The van der Waals surface area contributed by atoms with Crippen molar-refractivity contribution in [1.82, 2.24) is 21.3 Å².